The molecule has 0 radical (unpaired) electrons. The van der Waals surface area contributed by atoms with Crippen molar-refractivity contribution in [2.24, 2.45) is 5.41 Å². The molecule has 2 atom stereocenters. The monoisotopic (exact) mass is 368 g/mol. The average Bonchev–Trinajstić information content (AvgIpc) is 3.33. The first-order chi connectivity index (χ1) is 12.1. The van der Waals surface area contributed by atoms with Gasteiger partial charge in [0.1, 0.15) is 6.04 Å². The van der Waals surface area contributed by atoms with Gasteiger partial charge in [-0.1, -0.05) is 0 Å². The van der Waals surface area contributed by atoms with Crippen LogP contribution in [-0.4, -0.2) is 74.8 Å². The van der Waals surface area contributed by atoms with E-state index in [2.05, 4.69) is 10.2 Å². The summed E-state index contributed by atoms with van der Waals surface area (Å²) in [5.41, 5.74) is 0.444. The van der Waals surface area contributed by atoms with Crippen LogP contribution in [0, 0.1) is 5.41 Å². The van der Waals surface area contributed by atoms with Gasteiger partial charge in [-0.15, -0.1) is 0 Å². The molecule has 1 spiro atoms. The molecule has 1 N–H and O–H groups in total. The van der Waals surface area contributed by atoms with Crippen molar-refractivity contribution < 1.29 is 18.1 Å². The minimum atomic E-state index is -0.538. The summed E-state index contributed by atoms with van der Waals surface area (Å²) in [5, 5.41) is 4.30. The third-order valence-electron chi connectivity index (χ3n) is 6.59. The van der Waals surface area contributed by atoms with E-state index in [1.165, 1.54) is 25.9 Å². The Kier molecular flexibility index (Phi) is 3.62. The Labute approximate surface area is 150 Å². The summed E-state index contributed by atoms with van der Waals surface area (Å²) in [7, 11) is 0. The van der Waals surface area contributed by atoms with Gasteiger partial charge in [0.25, 0.3) is 0 Å². The number of fused-ring (bicyclic) bond motifs is 2. The van der Waals surface area contributed by atoms with Gasteiger partial charge in [-0.25, -0.2) is 9.00 Å². The van der Waals surface area contributed by atoms with Crippen LogP contribution in [0.5, 0.6) is 0 Å². The molecule has 3 amide bonds. The van der Waals surface area contributed by atoms with Crippen molar-refractivity contribution in [2.75, 3.05) is 19.6 Å². The smallest absolute Gasteiger partial charge is 0.346 e. The number of thiol groups is 1. The quantitative estimate of drug-likeness (QED) is 0.657. The minimum absolute atomic E-state index is 0.0495. The fraction of sp³-hybridized carbons (Fsp3) is 0.875. The summed E-state index contributed by atoms with van der Waals surface area (Å²) in [6, 6.07) is 0.205. The van der Waals surface area contributed by atoms with E-state index < -0.39 is 18.0 Å². The molecule has 2 saturated carbocycles. The van der Waals surface area contributed by atoms with Crippen LogP contribution in [0.15, 0.2) is 0 Å². The molecule has 0 aromatic heterocycles. The van der Waals surface area contributed by atoms with Gasteiger partial charge in [0.15, 0.2) is 11.9 Å². The van der Waals surface area contributed by atoms with Gasteiger partial charge in [0.05, 0.1) is 6.04 Å². The fourth-order valence-corrected chi connectivity index (χ4v) is 5.48. The third-order valence-corrected chi connectivity index (χ3v) is 6.83. The molecule has 5 aliphatic rings. The largest absolute Gasteiger partial charge is 0.352 e. The van der Waals surface area contributed by atoms with E-state index in [4.69, 9.17) is 4.28 Å². The molecular weight excluding hydrogens is 344 g/mol. The molecule has 9 heteroatoms. The number of rotatable bonds is 5. The third kappa shape index (κ3) is 2.59. The van der Waals surface area contributed by atoms with Crippen LogP contribution in [-0.2, 0) is 21.0 Å². The first-order valence-electron chi connectivity index (χ1n) is 9.23. The Morgan fingerprint density at radius 2 is 1.88 bits per heavy atom. The lowest BCUT2D eigenvalue weighted by molar-refractivity contribution is -0.132. The van der Waals surface area contributed by atoms with Gasteiger partial charge in [0.2, 0.25) is 5.91 Å². The lowest BCUT2D eigenvalue weighted by Crippen LogP contribution is -2.67. The van der Waals surface area contributed by atoms with Crippen molar-refractivity contribution in [1.82, 2.24) is 20.2 Å². The second kappa shape index (κ2) is 5.65. The lowest BCUT2D eigenvalue weighted by Gasteiger charge is -2.59. The SMILES string of the molecule is O=[SH]ON1C(=O)N2CC1CCC2C(=O)NC1CC2(C1)CN(C1CC1)C2. The molecule has 0 aromatic rings. The van der Waals surface area contributed by atoms with Gasteiger partial charge in [0, 0.05) is 31.7 Å². The second-order valence-corrected chi connectivity index (χ2v) is 8.73. The van der Waals surface area contributed by atoms with Gasteiger partial charge >= 0.3 is 6.03 Å². The van der Waals surface area contributed by atoms with Gasteiger partial charge in [-0.2, -0.15) is 9.35 Å². The van der Waals surface area contributed by atoms with Crippen LogP contribution in [0.25, 0.3) is 0 Å². The number of piperidine rings is 1. The van der Waals surface area contributed by atoms with Gasteiger partial charge in [-0.3, -0.25) is 9.69 Å². The summed E-state index contributed by atoms with van der Waals surface area (Å²) >= 11 is -0.538. The van der Waals surface area contributed by atoms with Crippen LogP contribution in [0.1, 0.15) is 38.5 Å². The van der Waals surface area contributed by atoms with Crippen LogP contribution in [0.2, 0.25) is 0 Å². The Morgan fingerprint density at radius 1 is 1.16 bits per heavy atom. The number of nitrogens with one attached hydrogen (secondary N) is 1. The highest BCUT2D eigenvalue weighted by molar-refractivity contribution is 7.60. The van der Waals surface area contributed by atoms with E-state index in [1.54, 1.807) is 4.90 Å². The number of carbonyl (C=O) groups excluding carboxylic acids is 2. The van der Waals surface area contributed by atoms with Gasteiger partial charge < -0.3 is 10.2 Å². The average molecular weight is 368 g/mol. The number of likely N-dealkylation sites (tertiary alicyclic amines) is 1. The number of hydrogen-bond donors (Lipinski definition) is 2. The summed E-state index contributed by atoms with van der Waals surface area (Å²) in [6.07, 6.45) is 6.17. The number of urea groups is 1. The zero-order valence-corrected chi connectivity index (χ0v) is 15.0. The maximum absolute atomic E-state index is 12.7. The molecule has 5 rings (SSSR count). The zero-order chi connectivity index (χ0) is 17.2. The number of hydrogen-bond acceptors (Lipinski definition) is 5. The molecular formula is C16H24N4O4S. The Hall–Kier alpha value is -1.19. The van der Waals surface area contributed by atoms with Crippen molar-refractivity contribution in [3.8, 4) is 0 Å². The maximum atomic E-state index is 12.7. The molecule has 138 valence electrons. The predicted molar refractivity (Wildman–Crippen MR) is 89.6 cm³/mol. The van der Waals surface area contributed by atoms with Crippen LogP contribution >= 0.6 is 0 Å². The van der Waals surface area contributed by atoms with Crippen molar-refractivity contribution >= 4 is 23.9 Å². The fourth-order valence-electron chi connectivity index (χ4n) is 5.20. The predicted octanol–water partition coefficient (Wildman–Crippen LogP) is -0.210. The standard InChI is InChI=1S/C16H24N4O4S/c21-14(13-4-3-12-7-19(13)15(22)20(12)24-25-23)17-10-5-16(6-10)8-18(9-16)11-1-2-11/h10-13,25H,1-9H2,(H,17,21). The van der Waals surface area contributed by atoms with E-state index in [0.717, 1.165) is 23.9 Å². The van der Waals surface area contributed by atoms with Crippen LogP contribution < -0.4 is 5.32 Å². The summed E-state index contributed by atoms with van der Waals surface area (Å²) < 4.78 is 15.5. The molecule has 2 unspecified atom stereocenters. The van der Waals surface area contributed by atoms with Crippen molar-refractivity contribution in [2.45, 2.75) is 62.7 Å². The summed E-state index contributed by atoms with van der Waals surface area (Å²) in [4.78, 5) is 29.1. The topological polar surface area (TPSA) is 82.2 Å². The number of hydroxylamine groups is 2. The van der Waals surface area contributed by atoms with E-state index in [9.17, 15) is 13.8 Å². The highest BCUT2D eigenvalue weighted by atomic mass is 32.2. The minimum Gasteiger partial charge on any atom is -0.352 e. The van der Waals surface area contributed by atoms with Crippen molar-refractivity contribution in [3.05, 3.63) is 0 Å². The van der Waals surface area contributed by atoms with Crippen molar-refractivity contribution in [1.29, 1.82) is 0 Å². The molecule has 3 saturated heterocycles. The molecule has 0 aromatic carbocycles. The van der Waals surface area contributed by atoms with E-state index in [-0.39, 0.29) is 24.0 Å². The van der Waals surface area contributed by atoms with Gasteiger partial charge in [-0.05, 0) is 43.9 Å². The highest BCUT2D eigenvalue weighted by Crippen LogP contribution is 2.51. The normalized spacial score (nSPS) is 34.2. The molecule has 3 heterocycles. The molecule has 25 heavy (non-hydrogen) atoms. The van der Waals surface area contributed by atoms with Crippen LogP contribution in [0.3, 0.4) is 0 Å². The van der Waals surface area contributed by atoms with E-state index in [1.807, 2.05) is 0 Å². The molecule has 2 aliphatic carbocycles. The maximum Gasteiger partial charge on any atom is 0.346 e. The summed E-state index contributed by atoms with van der Waals surface area (Å²) in [5.74, 6) is -0.0495. The van der Waals surface area contributed by atoms with Crippen molar-refractivity contribution in [3.63, 3.8) is 0 Å². The van der Waals surface area contributed by atoms with Crippen LogP contribution in [0.4, 0.5) is 4.79 Å². The molecule has 2 bridgehead atoms. The Bertz CT molecular complexity index is 613. The first-order valence-corrected chi connectivity index (χ1v) is 9.96. The lowest BCUT2D eigenvalue weighted by atomic mass is 9.60. The number of carbonyl (C=O) groups is 2. The number of nitrogens with zero attached hydrogens (tertiary/aromatic N) is 3. The Balaban J connectivity index is 1.14. The van der Waals surface area contributed by atoms with E-state index in [0.29, 0.717) is 24.8 Å². The molecule has 8 nitrogen and oxygen atoms in total. The first kappa shape index (κ1) is 16.0. The highest BCUT2D eigenvalue weighted by Gasteiger charge is 2.56. The number of amides is 3. The Morgan fingerprint density at radius 3 is 2.56 bits per heavy atom. The molecule has 5 fully saturated rings. The zero-order valence-electron chi connectivity index (χ0n) is 14.1. The summed E-state index contributed by atoms with van der Waals surface area (Å²) in [6.45, 7) is 2.86. The second-order valence-electron chi connectivity index (χ2n) is 8.41. The van der Waals surface area contributed by atoms with E-state index >= 15 is 0 Å². The molecule has 3 aliphatic heterocycles.